The molecule has 4 aliphatic heterocycles. The van der Waals surface area contributed by atoms with Crippen LogP contribution in [0.1, 0.15) is 91.4 Å². The van der Waals surface area contributed by atoms with Gasteiger partial charge in [0.25, 0.3) is 0 Å². The SMILES string of the molecule is COc1ccc([C@@]23Oc4cc(OC)cc(OC)c4[C@]2(O)[C@H](O)[C@H](C(=O)NCc2ccc4c(c2)CN(C(=O)CCOCCC(=O)N2CCc5ccc(CNC(=O)[C@H]6[C@@H](O)[C@@]7(O)c8c(OC)cc(OC)cc8O[C@@]7(c7ccc(OC)cc7)[C@@H]6c6ccccc6)cc5C2)CC4)[C@H]3c2ccccc2)cc1. The average molecular weight is 1370 g/mol. The van der Waals surface area contributed by atoms with Crippen LogP contribution in [0.3, 0.4) is 0 Å². The van der Waals surface area contributed by atoms with E-state index in [1.807, 2.05) is 97.1 Å². The molecular weight excluding hydrogens is 1290 g/mol. The van der Waals surface area contributed by atoms with Crippen LogP contribution in [0.25, 0.3) is 0 Å². The summed E-state index contributed by atoms with van der Waals surface area (Å²) in [6.45, 7) is 2.14. The van der Waals surface area contributed by atoms with Gasteiger partial charge in [0.05, 0.1) is 91.7 Å². The van der Waals surface area contributed by atoms with Crippen molar-refractivity contribution >= 4 is 23.6 Å². The number of ether oxygens (including phenoxy) is 9. The molecule has 101 heavy (non-hydrogen) atoms. The minimum absolute atomic E-state index is 0.0836. The third kappa shape index (κ3) is 11.3. The Balaban J connectivity index is 0.592. The van der Waals surface area contributed by atoms with E-state index in [2.05, 4.69) is 10.6 Å². The van der Waals surface area contributed by atoms with E-state index in [-0.39, 0.29) is 85.1 Å². The minimum atomic E-state index is -2.22. The minimum Gasteiger partial charge on any atom is -0.497 e. The highest BCUT2D eigenvalue weighted by molar-refractivity contribution is 5.85. The maximum atomic E-state index is 15.0. The topological polar surface area (TPSA) is 263 Å². The fourth-order valence-corrected chi connectivity index (χ4v) is 16.8. The number of nitrogens with zero attached hydrogens (tertiary/aromatic N) is 2. The van der Waals surface area contributed by atoms with E-state index in [9.17, 15) is 39.6 Å². The van der Waals surface area contributed by atoms with Crippen LogP contribution >= 0.6 is 0 Å². The summed E-state index contributed by atoms with van der Waals surface area (Å²) in [5.74, 6) is -2.72. The Bertz CT molecular complexity index is 4170. The molecule has 2 aliphatic carbocycles. The summed E-state index contributed by atoms with van der Waals surface area (Å²) >= 11 is 0. The number of aliphatic hydroxyl groups is 4. The van der Waals surface area contributed by atoms with Gasteiger partial charge in [-0.3, -0.25) is 19.2 Å². The van der Waals surface area contributed by atoms with Crippen molar-refractivity contribution in [2.24, 2.45) is 11.8 Å². The highest BCUT2D eigenvalue weighted by Gasteiger charge is 2.79. The predicted molar refractivity (Wildman–Crippen MR) is 370 cm³/mol. The molecule has 0 bridgehead atoms. The number of hydrogen-bond acceptors (Lipinski definition) is 17. The fraction of sp³-hybridized carbons (Fsp3) is 0.350. The first-order chi connectivity index (χ1) is 49.0. The molecule has 0 unspecified atom stereocenters. The van der Waals surface area contributed by atoms with Crippen LogP contribution in [0, 0.1) is 11.8 Å². The van der Waals surface area contributed by atoms with Gasteiger partial charge in [-0.2, -0.15) is 0 Å². The van der Waals surface area contributed by atoms with Crippen LogP contribution in [0.5, 0.6) is 46.0 Å². The number of hydrogen-bond donors (Lipinski definition) is 6. The Morgan fingerprint density at radius 2 is 0.851 bits per heavy atom. The molecule has 0 spiro atoms. The van der Waals surface area contributed by atoms with Crippen molar-refractivity contribution in [1.82, 2.24) is 20.4 Å². The van der Waals surface area contributed by atoms with Crippen molar-refractivity contribution in [1.29, 1.82) is 0 Å². The summed E-state index contributed by atoms with van der Waals surface area (Å²) in [5, 5.41) is 58.6. The maximum Gasteiger partial charge on any atom is 0.226 e. The number of aliphatic hydroxyl groups excluding tert-OH is 2. The van der Waals surface area contributed by atoms with Gasteiger partial charge < -0.3 is 83.5 Å². The summed E-state index contributed by atoms with van der Waals surface area (Å²) in [6, 6.07) is 51.0. The van der Waals surface area contributed by atoms with Crippen molar-refractivity contribution in [2.45, 2.75) is 98.3 Å². The van der Waals surface area contributed by atoms with Gasteiger partial charge in [-0.1, -0.05) is 121 Å². The van der Waals surface area contributed by atoms with Crippen molar-refractivity contribution in [3.05, 3.63) is 237 Å². The summed E-state index contributed by atoms with van der Waals surface area (Å²) in [4.78, 5) is 61.1. The van der Waals surface area contributed by atoms with Crippen LogP contribution < -0.4 is 48.5 Å². The Morgan fingerprint density at radius 1 is 0.465 bits per heavy atom. The van der Waals surface area contributed by atoms with Crippen LogP contribution in [0.2, 0.25) is 0 Å². The lowest BCUT2D eigenvalue weighted by Gasteiger charge is -2.40. The van der Waals surface area contributed by atoms with Crippen LogP contribution in [0.15, 0.2) is 170 Å². The molecular formula is C80H82N4O17. The first-order valence-corrected chi connectivity index (χ1v) is 34.0. The second-order valence-electron chi connectivity index (χ2n) is 26.7. The number of fused-ring (bicyclic) bond motifs is 8. The molecule has 6 N–H and O–H groups in total. The first kappa shape index (κ1) is 68.0. The molecule has 524 valence electrons. The van der Waals surface area contributed by atoms with Crippen molar-refractivity contribution in [3.8, 4) is 46.0 Å². The highest BCUT2D eigenvalue weighted by Crippen LogP contribution is 2.72. The molecule has 10 atom stereocenters. The molecule has 8 aromatic rings. The van der Waals surface area contributed by atoms with Gasteiger partial charge in [0.15, 0.2) is 22.4 Å². The van der Waals surface area contributed by atoms with Crippen LogP contribution in [-0.4, -0.2) is 135 Å². The summed E-state index contributed by atoms with van der Waals surface area (Å²) in [5.41, 5.74) is 0.333. The van der Waals surface area contributed by atoms with Gasteiger partial charge in [0, 0.05) is 75.4 Å². The fourth-order valence-electron chi connectivity index (χ4n) is 16.8. The third-order valence-corrected chi connectivity index (χ3v) is 21.6. The number of rotatable bonds is 22. The normalized spacial score (nSPS) is 24.8. The van der Waals surface area contributed by atoms with Crippen LogP contribution in [0.4, 0.5) is 0 Å². The molecule has 0 aromatic heterocycles. The van der Waals surface area contributed by atoms with E-state index < -0.39 is 70.1 Å². The summed E-state index contributed by atoms with van der Waals surface area (Å²) < 4.78 is 53.9. The molecule has 21 heteroatoms. The zero-order chi connectivity index (χ0) is 70.5. The van der Waals surface area contributed by atoms with E-state index in [1.54, 1.807) is 96.8 Å². The van der Waals surface area contributed by atoms with E-state index >= 15 is 0 Å². The number of nitrogens with one attached hydrogen (secondary N) is 2. The molecule has 2 fully saturated rings. The van der Waals surface area contributed by atoms with Gasteiger partial charge in [-0.15, -0.1) is 0 Å². The second kappa shape index (κ2) is 27.4. The molecule has 4 heterocycles. The monoisotopic (exact) mass is 1370 g/mol. The summed E-state index contributed by atoms with van der Waals surface area (Å²) in [7, 11) is 9.04. The molecule has 0 saturated heterocycles. The van der Waals surface area contributed by atoms with Gasteiger partial charge in [0.2, 0.25) is 23.6 Å². The molecule has 8 aromatic carbocycles. The maximum absolute atomic E-state index is 15.0. The van der Waals surface area contributed by atoms with Crippen molar-refractivity contribution in [3.63, 3.8) is 0 Å². The molecule has 6 aliphatic rings. The highest BCUT2D eigenvalue weighted by atomic mass is 16.6. The zero-order valence-electron chi connectivity index (χ0n) is 57.1. The Hall–Kier alpha value is -10.2. The van der Waals surface area contributed by atoms with E-state index in [4.69, 9.17) is 42.6 Å². The quantitative estimate of drug-likeness (QED) is 0.0350. The standard InChI is InChI=1S/C80H82N4O17/c1-93-57-25-21-55(22-26-57)79-69(51-13-9-7-10-14-51)67(73(87)77(79,91)71-61(97-5)39-59(95-3)41-63(71)100-79)75(89)81-43-47-17-19-49-29-33-83(45-53(49)37-47)65(85)31-35-99-36-32-66(86)84-34-30-50-20-18-48(38-54(50)46-84)44-82-76(90)68-70(52-15-11-8-12-16-52)80(56-23-27-58(94-2)28-24-56)78(92,74(68)88)72-62(98-6)40-60(96-4)42-64(72)101-80/h7-28,37-42,67-70,73-74,87-88,91-92H,29-36,43-46H2,1-6H3,(H,81,89)(H,82,90)/t67-,68-,69-,70-,73-,74-,77+,78+,79+,80+/m1/s1. The van der Waals surface area contributed by atoms with E-state index in [0.29, 0.717) is 84.3 Å². The second-order valence-corrected chi connectivity index (χ2v) is 26.7. The van der Waals surface area contributed by atoms with Crippen LogP contribution in [-0.2, 0) is 85.3 Å². The van der Waals surface area contributed by atoms with Crippen molar-refractivity contribution < 1.29 is 82.2 Å². The average Bonchev–Trinajstić information content (AvgIpc) is 1.50. The number of methoxy groups -OCH3 is 6. The van der Waals surface area contributed by atoms with Gasteiger partial charge in [-0.05, 0) is 92.7 Å². The number of amides is 4. The number of carbonyl (C=O) groups is 4. The molecule has 4 amide bonds. The number of benzene rings is 8. The molecule has 2 saturated carbocycles. The lowest BCUT2D eigenvalue weighted by atomic mass is 9.70. The molecule has 0 radical (unpaired) electrons. The van der Waals surface area contributed by atoms with Gasteiger partial charge in [0.1, 0.15) is 58.2 Å². The third-order valence-electron chi connectivity index (χ3n) is 21.6. The largest absolute Gasteiger partial charge is 0.497 e. The van der Waals surface area contributed by atoms with E-state index in [1.165, 1.54) is 28.4 Å². The number of carbonyl (C=O) groups excluding carboxylic acids is 4. The van der Waals surface area contributed by atoms with Gasteiger partial charge >= 0.3 is 0 Å². The molecule has 21 nitrogen and oxygen atoms in total. The Morgan fingerprint density at radius 3 is 1.22 bits per heavy atom. The lowest BCUT2D eigenvalue weighted by Crippen LogP contribution is -2.52. The predicted octanol–water partition coefficient (Wildman–Crippen LogP) is 8.14. The smallest absolute Gasteiger partial charge is 0.226 e. The van der Waals surface area contributed by atoms with Gasteiger partial charge in [-0.25, -0.2) is 0 Å². The Labute approximate surface area is 585 Å². The van der Waals surface area contributed by atoms with Crippen molar-refractivity contribution in [2.75, 3.05) is 69.0 Å². The van der Waals surface area contributed by atoms with E-state index in [0.717, 1.165) is 33.4 Å². The zero-order valence-corrected chi connectivity index (χ0v) is 57.1. The Kier molecular flexibility index (Phi) is 18.5. The lowest BCUT2D eigenvalue weighted by molar-refractivity contribution is -0.154. The molecule has 14 rings (SSSR count). The first-order valence-electron chi connectivity index (χ1n) is 34.0. The summed E-state index contributed by atoms with van der Waals surface area (Å²) in [6.07, 6.45) is -1.93.